The van der Waals surface area contributed by atoms with Crippen LogP contribution in [0.25, 0.3) is 23.0 Å². The molecule has 1 atom stereocenters. The Labute approximate surface area is 276 Å². The van der Waals surface area contributed by atoms with E-state index in [1.165, 1.54) is 17.4 Å². The Kier molecular flexibility index (Phi) is 9.30. The molecule has 1 aliphatic heterocycles. The van der Waals surface area contributed by atoms with Gasteiger partial charge in [0, 0.05) is 17.3 Å². The van der Waals surface area contributed by atoms with E-state index in [1.807, 2.05) is 79.0 Å². The van der Waals surface area contributed by atoms with Crippen molar-refractivity contribution in [2.24, 2.45) is 4.99 Å². The number of aromatic nitrogens is 3. The second-order valence-corrected chi connectivity index (χ2v) is 11.8. The van der Waals surface area contributed by atoms with E-state index in [1.54, 1.807) is 35.4 Å². The summed E-state index contributed by atoms with van der Waals surface area (Å²) in [5, 5.41) is 4.93. The number of hydrogen-bond acceptors (Lipinski definition) is 8. The Morgan fingerprint density at radius 3 is 2.43 bits per heavy atom. The molecule has 47 heavy (non-hydrogen) atoms. The SMILES string of the molecule is C=CCOC(=O)C1=C(C)N=c2s/c(=C/c3cn(-c4ccccc4)nc3-c3ccc(OCCC)cc3)c(=O)n2[C@@H]1c1ccc(OC)cc1. The zero-order valence-corrected chi connectivity index (χ0v) is 27.2. The molecule has 0 unspecified atom stereocenters. The maximum atomic E-state index is 14.3. The van der Waals surface area contributed by atoms with Crippen molar-refractivity contribution < 1.29 is 19.0 Å². The summed E-state index contributed by atoms with van der Waals surface area (Å²) in [5.41, 5.74) is 4.44. The third-order valence-electron chi connectivity index (χ3n) is 7.66. The molecular weight excluding hydrogens is 612 g/mol. The number of carbonyl (C=O) groups excluding carboxylic acids is 1. The quantitative estimate of drug-likeness (QED) is 0.137. The first kappa shape index (κ1) is 31.5. The number of carbonyl (C=O) groups is 1. The molecule has 238 valence electrons. The summed E-state index contributed by atoms with van der Waals surface area (Å²) in [5.74, 6) is 0.883. The van der Waals surface area contributed by atoms with Gasteiger partial charge in [-0.1, -0.05) is 61.2 Å². The van der Waals surface area contributed by atoms with Gasteiger partial charge in [-0.25, -0.2) is 14.5 Å². The second-order valence-electron chi connectivity index (χ2n) is 10.8. The van der Waals surface area contributed by atoms with Crippen LogP contribution in [-0.2, 0) is 9.53 Å². The Bertz CT molecular complexity index is 2130. The molecule has 6 rings (SSSR count). The van der Waals surface area contributed by atoms with Crippen molar-refractivity contribution >= 4 is 23.4 Å². The predicted molar refractivity (Wildman–Crippen MR) is 183 cm³/mol. The summed E-state index contributed by atoms with van der Waals surface area (Å²) >= 11 is 1.26. The number of thiazole rings is 1. The van der Waals surface area contributed by atoms with Gasteiger partial charge in [0.25, 0.3) is 5.56 Å². The monoisotopic (exact) mass is 646 g/mol. The average Bonchev–Trinajstić information content (AvgIpc) is 3.66. The molecule has 10 heteroatoms. The van der Waals surface area contributed by atoms with Gasteiger partial charge in [-0.2, -0.15) is 5.10 Å². The first-order valence-electron chi connectivity index (χ1n) is 15.2. The van der Waals surface area contributed by atoms with Gasteiger partial charge in [-0.3, -0.25) is 9.36 Å². The standard InChI is InChI=1S/C37H34N4O5S/c1-5-20-45-30-18-12-25(13-19-30)33-27(23-40(39-33)28-10-8-7-9-11-28)22-31-35(42)41-34(26-14-16-29(44-4)17-15-26)32(36(43)46-21-6-2)24(3)38-37(41)47-31/h6-19,22-23,34H,2,5,20-21H2,1,3-4H3/b31-22+/t34-/m1/s1. The molecule has 0 aliphatic carbocycles. The van der Waals surface area contributed by atoms with Gasteiger partial charge >= 0.3 is 5.97 Å². The second kappa shape index (κ2) is 13.9. The maximum Gasteiger partial charge on any atom is 0.338 e. The zero-order valence-electron chi connectivity index (χ0n) is 26.4. The molecule has 0 saturated heterocycles. The van der Waals surface area contributed by atoms with E-state index in [0.29, 0.717) is 38.7 Å². The highest BCUT2D eigenvalue weighted by Gasteiger charge is 2.33. The Morgan fingerprint density at radius 1 is 1.02 bits per heavy atom. The van der Waals surface area contributed by atoms with E-state index in [4.69, 9.17) is 24.3 Å². The van der Waals surface area contributed by atoms with Crippen LogP contribution in [0, 0.1) is 0 Å². The number of hydrogen-bond donors (Lipinski definition) is 0. The highest BCUT2D eigenvalue weighted by atomic mass is 32.1. The van der Waals surface area contributed by atoms with Gasteiger partial charge in [0.15, 0.2) is 4.80 Å². The fraction of sp³-hybridized carbons (Fsp3) is 0.189. The molecule has 5 aromatic rings. The summed E-state index contributed by atoms with van der Waals surface area (Å²) in [6.45, 7) is 8.15. The van der Waals surface area contributed by atoms with Crippen LogP contribution >= 0.6 is 11.3 Å². The van der Waals surface area contributed by atoms with Crippen LogP contribution < -0.4 is 24.4 Å². The minimum Gasteiger partial charge on any atom is -0.497 e. The third kappa shape index (κ3) is 6.45. The van der Waals surface area contributed by atoms with Crippen molar-refractivity contribution in [3.63, 3.8) is 0 Å². The first-order valence-corrected chi connectivity index (χ1v) is 16.1. The number of rotatable bonds is 11. The number of benzene rings is 3. The minimum absolute atomic E-state index is 0.0370. The van der Waals surface area contributed by atoms with Crippen LogP contribution in [0.5, 0.6) is 11.5 Å². The molecule has 3 heterocycles. The summed E-state index contributed by atoms with van der Waals surface area (Å²) in [7, 11) is 1.59. The van der Waals surface area contributed by atoms with Crippen LogP contribution in [0.2, 0.25) is 0 Å². The number of methoxy groups -OCH3 is 1. The van der Waals surface area contributed by atoms with Crippen LogP contribution in [0.4, 0.5) is 0 Å². The lowest BCUT2D eigenvalue weighted by Gasteiger charge is -2.24. The highest BCUT2D eigenvalue weighted by molar-refractivity contribution is 7.07. The zero-order chi connectivity index (χ0) is 32.9. The van der Waals surface area contributed by atoms with Crippen molar-refractivity contribution in [2.75, 3.05) is 20.3 Å². The van der Waals surface area contributed by atoms with E-state index in [-0.39, 0.29) is 12.2 Å². The number of nitrogens with zero attached hydrogens (tertiary/aromatic N) is 4. The van der Waals surface area contributed by atoms with Crippen molar-refractivity contribution in [3.8, 4) is 28.4 Å². The highest BCUT2D eigenvalue weighted by Crippen LogP contribution is 2.32. The maximum absolute atomic E-state index is 14.3. The summed E-state index contributed by atoms with van der Waals surface area (Å²) in [4.78, 5) is 32.9. The Balaban J connectivity index is 1.51. The number of ether oxygens (including phenoxy) is 3. The molecule has 1 aliphatic rings. The largest absolute Gasteiger partial charge is 0.497 e. The van der Waals surface area contributed by atoms with E-state index in [2.05, 4.69) is 13.5 Å². The number of allylic oxidation sites excluding steroid dienone is 1. The fourth-order valence-electron chi connectivity index (χ4n) is 5.40. The van der Waals surface area contributed by atoms with Crippen LogP contribution in [0.15, 0.2) is 119 Å². The fourth-order valence-corrected chi connectivity index (χ4v) is 6.43. The lowest BCUT2D eigenvalue weighted by molar-refractivity contribution is -0.138. The normalized spacial score (nSPS) is 14.4. The molecule has 3 aromatic carbocycles. The van der Waals surface area contributed by atoms with Gasteiger partial charge in [0.1, 0.15) is 23.8 Å². The van der Waals surface area contributed by atoms with E-state index in [0.717, 1.165) is 34.5 Å². The molecule has 0 fully saturated rings. The van der Waals surface area contributed by atoms with E-state index in [9.17, 15) is 9.59 Å². The Hall–Kier alpha value is -5.48. The summed E-state index contributed by atoms with van der Waals surface area (Å²) < 4.78 is 20.4. The first-order chi connectivity index (χ1) is 22.9. The van der Waals surface area contributed by atoms with Gasteiger partial charge in [-0.05, 0) is 73.5 Å². The molecule has 0 N–H and O–H groups in total. The molecule has 0 radical (unpaired) electrons. The smallest absolute Gasteiger partial charge is 0.338 e. The number of para-hydroxylation sites is 1. The van der Waals surface area contributed by atoms with Crippen molar-refractivity contribution in [1.29, 1.82) is 0 Å². The summed E-state index contributed by atoms with van der Waals surface area (Å²) in [6.07, 6.45) is 6.17. The van der Waals surface area contributed by atoms with Crippen molar-refractivity contribution in [3.05, 3.63) is 140 Å². The number of fused-ring (bicyclic) bond motifs is 1. The third-order valence-corrected chi connectivity index (χ3v) is 8.64. The van der Waals surface area contributed by atoms with Crippen LogP contribution in [0.3, 0.4) is 0 Å². The van der Waals surface area contributed by atoms with Crippen molar-refractivity contribution in [2.45, 2.75) is 26.3 Å². The van der Waals surface area contributed by atoms with Crippen LogP contribution in [0.1, 0.15) is 37.4 Å². The lowest BCUT2D eigenvalue weighted by Crippen LogP contribution is -2.39. The van der Waals surface area contributed by atoms with Gasteiger partial charge in [0.2, 0.25) is 0 Å². The topological polar surface area (TPSA) is 96.9 Å². The molecule has 0 amide bonds. The van der Waals surface area contributed by atoms with E-state index < -0.39 is 12.0 Å². The minimum atomic E-state index is -0.751. The average molecular weight is 647 g/mol. The van der Waals surface area contributed by atoms with E-state index >= 15 is 0 Å². The molecule has 0 spiro atoms. The molecular formula is C37H34N4O5S. The van der Waals surface area contributed by atoms with Gasteiger partial charge in [-0.15, -0.1) is 0 Å². The molecule has 2 aromatic heterocycles. The lowest BCUT2D eigenvalue weighted by atomic mass is 9.96. The predicted octanol–water partition coefficient (Wildman–Crippen LogP) is 5.61. The Morgan fingerprint density at radius 2 is 1.74 bits per heavy atom. The van der Waals surface area contributed by atoms with Gasteiger partial charge in [0.05, 0.1) is 41.2 Å². The molecule has 0 saturated carbocycles. The van der Waals surface area contributed by atoms with Gasteiger partial charge < -0.3 is 14.2 Å². The summed E-state index contributed by atoms with van der Waals surface area (Å²) in [6, 6.07) is 24.1. The molecule has 0 bridgehead atoms. The van der Waals surface area contributed by atoms with Crippen LogP contribution in [-0.4, -0.2) is 40.6 Å². The van der Waals surface area contributed by atoms with Crippen molar-refractivity contribution in [1.82, 2.24) is 14.3 Å². The molecule has 9 nitrogen and oxygen atoms in total. The number of esters is 1.